The highest BCUT2D eigenvalue weighted by atomic mass is 35.5. The zero-order chi connectivity index (χ0) is 24.1. The second-order valence-electron chi connectivity index (χ2n) is 8.36. The van der Waals surface area contributed by atoms with E-state index >= 15 is 0 Å². The van der Waals surface area contributed by atoms with Crippen molar-refractivity contribution in [2.24, 2.45) is 0 Å². The van der Waals surface area contributed by atoms with Crippen LogP contribution in [0.25, 0.3) is 5.52 Å². The first-order valence-corrected chi connectivity index (χ1v) is 12.1. The molecule has 0 fully saturated rings. The Morgan fingerprint density at radius 2 is 1.76 bits per heavy atom. The first-order valence-electron chi connectivity index (χ1n) is 11.7. The fourth-order valence-corrected chi connectivity index (χ4v) is 4.35. The lowest BCUT2D eigenvalue weighted by Gasteiger charge is -2.32. The topological polar surface area (TPSA) is 59.6 Å². The predicted molar refractivity (Wildman–Crippen MR) is 135 cm³/mol. The fraction of sp³-hybridized carbons (Fsp3) is 0.296. The monoisotopic (exact) mass is 476 g/mol. The zero-order valence-corrected chi connectivity index (χ0v) is 20.3. The van der Waals surface area contributed by atoms with Crippen molar-refractivity contribution < 1.29 is 4.79 Å². The van der Waals surface area contributed by atoms with Gasteiger partial charge < -0.3 is 4.90 Å². The van der Waals surface area contributed by atoms with Crippen molar-refractivity contribution in [1.29, 1.82) is 0 Å². The van der Waals surface area contributed by atoms with E-state index in [-0.39, 0.29) is 17.5 Å². The van der Waals surface area contributed by atoms with Crippen molar-refractivity contribution in [3.8, 4) is 0 Å². The van der Waals surface area contributed by atoms with Crippen LogP contribution < -0.4 is 5.56 Å². The molecule has 0 aliphatic carbocycles. The first kappa shape index (κ1) is 23.8. The Bertz CT molecular complexity index is 1310. The van der Waals surface area contributed by atoms with Crippen LogP contribution in [-0.2, 0) is 6.54 Å². The second kappa shape index (κ2) is 10.7. The molecule has 176 valence electrons. The highest BCUT2D eigenvalue weighted by Gasteiger charge is 2.29. The first-order chi connectivity index (χ1) is 16.5. The quantitative estimate of drug-likeness (QED) is 0.316. The van der Waals surface area contributed by atoms with Gasteiger partial charge in [0.1, 0.15) is 5.52 Å². The summed E-state index contributed by atoms with van der Waals surface area (Å²) in [7, 11) is 0. The summed E-state index contributed by atoms with van der Waals surface area (Å²) in [6.07, 6.45) is 4.19. The van der Waals surface area contributed by atoms with Gasteiger partial charge in [-0.15, -0.1) is 0 Å². The summed E-state index contributed by atoms with van der Waals surface area (Å²) in [6, 6.07) is 20.0. The molecule has 4 rings (SSSR count). The molecule has 0 saturated carbocycles. The molecule has 6 nitrogen and oxygen atoms in total. The Morgan fingerprint density at radius 1 is 1.03 bits per heavy atom. The molecule has 2 heterocycles. The zero-order valence-electron chi connectivity index (χ0n) is 19.5. The smallest absolute Gasteiger partial charge is 0.278 e. The minimum atomic E-state index is -0.363. The Morgan fingerprint density at radius 3 is 2.44 bits per heavy atom. The largest absolute Gasteiger partial charge is 0.328 e. The van der Waals surface area contributed by atoms with Crippen molar-refractivity contribution in [3.05, 3.63) is 105 Å². The number of halogens is 1. The van der Waals surface area contributed by atoms with Gasteiger partial charge in [0.05, 0.1) is 12.6 Å². The van der Waals surface area contributed by atoms with Crippen LogP contribution in [0.3, 0.4) is 0 Å². The number of rotatable bonds is 9. The number of hydrogen-bond acceptors (Lipinski definition) is 3. The molecule has 1 atom stereocenters. The van der Waals surface area contributed by atoms with Crippen LogP contribution in [0.15, 0.2) is 77.7 Å². The number of hydrogen-bond donors (Lipinski definition) is 0. The standard InChI is InChI=1S/C27H29ClN4O2/c1-3-5-17-30(26(33)21-13-15-22(28)16-14-21)23(4-2)25-29-32-18-9-12-24(32)27(34)31(25)19-20-10-7-6-8-11-20/h6-16,18,23H,3-5,17,19H2,1-2H3. The lowest BCUT2D eigenvalue weighted by molar-refractivity contribution is 0.0652. The molecule has 0 aliphatic heterocycles. The minimum absolute atomic E-state index is 0.0925. The lowest BCUT2D eigenvalue weighted by atomic mass is 10.1. The number of carbonyl (C=O) groups excluding carboxylic acids is 1. The van der Waals surface area contributed by atoms with E-state index in [9.17, 15) is 9.59 Å². The van der Waals surface area contributed by atoms with E-state index in [0.717, 1.165) is 18.4 Å². The third kappa shape index (κ3) is 4.92. The molecule has 0 spiro atoms. The van der Waals surface area contributed by atoms with Gasteiger partial charge in [0.2, 0.25) is 0 Å². The molecule has 4 aromatic rings. The van der Waals surface area contributed by atoms with E-state index in [0.29, 0.717) is 41.4 Å². The van der Waals surface area contributed by atoms with Crippen LogP contribution in [0.4, 0.5) is 0 Å². The van der Waals surface area contributed by atoms with E-state index in [2.05, 4.69) is 6.92 Å². The summed E-state index contributed by atoms with van der Waals surface area (Å²) < 4.78 is 3.33. The third-order valence-electron chi connectivity index (χ3n) is 6.03. The van der Waals surface area contributed by atoms with Crippen LogP contribution in [0.5, 0.6) is 0 Å². The molecule has 0 radical (unpaired) electrons. The highest BCUT2D eigenvalue weighted by Crippen LogP contribution is 2.26. The normalized spacial score (nSPS) is 12.1. The molecule has 7 heteroatoms. The second-order valence-corrected chi connectivity index (χ2v) is 8.79. The number of nitrogens with zero attached hydrogens (tertiary/aromatic N) is 4. The van der Waals surface area contributed by atoms with Gasteiger partial charge in [0, 0.05) is 23.3 Å². The van der Waals surface area contributed by atoms with Gasteiger partial charge in [-0.2, -0.15) is 5.10 Å². The van der Waals surface area contributed by atoms with Crippen molar-refractivity contribution in [2.75, 3.05) is 6.54 Å². The molecule has 0 aliphatic rings. The Labute approximate surface area is 204 Å². The number of unbranched alkanes of at least 4 members (excludes halogenated alkanes) is 1. The summed E-state index contributed by atoms with van der Waals surface area (Å²) in [5.74, 6) is 0.489. The molecular formula is C27H29ClN4O2. The Hall–Kier alpha value is -3.38. The average molecular weight is 477 g/mol. The van der Waals surface area contributed by atoms with E-state index in [1.807, 2.05) is 48.2 Å². The molecule has 1 unspecified atom stereocenters. The maximum Gasteiger partial charge on any atom is 0.278 e. The lowest BCUT2D eigenvalue weighted by Crippen LogP contribution is -2.40. The number of fused-ring (bicyclic) bond motifs is 1. The summed E-state index contributed by atoms with van der Waals surface area (Å²) in [4.78, 5) is 29.1. The van der Waals surface area contributed by atoms with Gasteiger partial charge in [0.25, 0.3) is 11.5 Å². The molecule has 34 heavy (non-hydrogen) atoms. The predicted octanol–water partition coefficient (Wildman–Crippen LogP) is 5.59. The number of aromatic nitrogens is 3. The van der Waals surface area contributed by atoms with Gasteiger partial charge in [-0.25, -0.2) is 4.52 Å². The fourth-order valence-electron chi connectivity index (χ4n) is 4.23. The molecular weight excluding hydrogens is 448 g/mol. The van der Waals surface area contributed by atoms with Gasteiger partial charge in [-0.05, 0) is 54.8 Å². The van der Waals surface area contributed by atoms with Gasteiger partial charge in [-0.1, -0.05) is 62.2 Å². The Balaban J connectivity index is 1.84. The average Bonchev–Trinajstić information content (AvgIpc) is 3.33. The van der Waals surface area contributed by atoms with Crippen molar-refractivity contribution in [1.82, 2.24) is 19.1 Å². The molecule has 0 N–H and O–H groups in total. The number of amides is 1. The molecule has 2 aromatic carbocycles. The van der Waals surface area contributed by atoms with E-state index < -0.39 is 0 Å². The number of carbonyl (C=O) groups is 1. The van der Waals surface area contributed by atoms with Crippen molar-refractivity contribution >= 4 is 23.0 Å². The van der Waals surface area contributed by atoms with Crippen LogP contribution in [0, 0.1) is 0 Å². The van der Waals surface area contributed by atoms with Crippen LogP contribution in [-0.4, -0.2) is 31.5 Å². The van der Waals surface area contributed by atoms with E-state index in [1.54, 1.807) is 45.6 Å². The van der Waals surface area contributed by atoms with E-state index in [4.69, 9.17) is 16.7 Å². The van der Waals surface area contributed by atoms with Crippen molar-refractivity contribution in [2.45, 2.75) is 45.7 Å². The van der Waals surface area contributed by atoms with Crippen LogP contribution in [0.2, 0.25) is 5.02 Å². The molecule has 2 aromatic heterocycles. The van der Waals surface area contributed by atoms with Gasteiger partial charge >= 0.3 is 0 Å². The SMILES string of the molecule is CCCCN(C(=O)c1ccc(Cl)cc1)C(CC)c1nn2cccc2c(=O)n1Cc1ccccc1. The van der Waals surface area contributed by atoms with Gasteiger partial charge in [0.15, 0.2) is 5.82 Å². The van der Waals surface area contributed by atoms with Gasteiger partial charge in [-0.3, -0.25) is 14.2 Å². The van der Waals surface area contributed by atoms with E-state index in [1.165, 1.54) is 0 Å². The summed E-state index contributed by atoms with van der Waals surface area (Å²) in [5, 5.41) is 5.43. The highest BCUT2D eigenvalue weighted by molar-refractivity contribution is 6.30. The van der Waals surface area contributed by atoms with Crippen LogP contribution in [0.1, 0.15) is 60.9 Å². The summed E-state index contributed by atoms with van der Waals surface area (Å²) in [6.45, 7) is 5.08. The maximum atomic E-state index is 13.7. The number of benzene rings is 2. The third-order valence-corrected chi connectivity index (χ3v) is 6.28. The minimum Gasteiger partial charge on any atom is -0.328 e. The summed E-state index contributed by atoms with van der Waals surface area (Å²) in [5.41, 5.74) is 1.96. The molecule has 0 saturated heterocycles. The molecule has 0 bridgehead atoms. The van der Waals surface area contributed by atoms with Crippen LogP contribution >= 0.6 is 11.6 Å². The maximum absolute atomic E-state index is 13.7. The van der Waals surface area contributed by atoms with Crippen molar-refractivity contribution in [3.63, 3.8) is 0 Å². The Kier molecular flexibility index (Phi) is 7.48. The summed E-state index contributed by atoms with van der Waals surface area (Å²) >= 11 is 6.05. The molecule has 1 amide bonds.